The Morgan fingerprint density at radius 3 is 2.00 bits per heavy atom. The first-order valence-electron chi connectivity index (χ1n) is 13.7. The minimum absolute atomic E-state index is 0.205. The fraction of sp³-hybridized carbons (Fsp3) is 0.281. The number of nitrogens with zero attached hydrogens (tertiary/aromatic N) is 3. The summed E-state index contributed by atoms with van der Waals surface area (Å²) in [5, 5.41) is 0. The van der Waals surface area contributed by atoms with Gasteiger partial charge >= 0.3 is 0 Å². The van der Waals surface area contributed by atoms with Gasteiger partial charge in [0.1, 0.15) is 23.9 Å². The minimum Gasteiger partial charge on any atom is -0.358 e. The lowest BCUT2D eigenvalue weighted by Crippen LogP contribution is -2.39. The second kappa shape index (κ2) is 10.0. The van der Waals surface area contributed by atoms with Crippen molar-refractivity contribution in [3.05, 3.63) is 131 Å². The highest BCUT2D eigenvalue weighted by Gasteiger charge is 2.57. The van der Waals surface area contributed by atoms with Crippen molar-refractivity contribution in [2.24, 2.45) is 0 Å². The van der Waals surface area contributed by atoms with Gasteiger partial charge in [0.2, 0.25) is 0 Å². The van der Waals surface area contributed by atoms with Gasteiger partial charge in [0.25, 0.3) is 5.56 Å². The highest BCUT2D eigenvalue weighted by Crippen LogP contribution is 2.46. The molecule has 4 atom stereocenters. The van der Waals surface area contributed by atoms with Crippen LogP contribution in [-0.4, -0.2) is 50.2 Å². The number of rotatable bonds is 7. The van der Waals surface area contributed by atoms with Crippen molar-refractivity contribution in [1.29, 1.82) is 0 Å². The highest BCUT2D eigenvalue weighted by atomic mass is 16.8. The number of H-pyrrole nitrogens is 1. The van der Waals surface area contributed by atoms with E-state index in [2.05, 4.69) is 51.4 Å². The zero-order valence-corrected chi connectivity index (χ0v) is 22.7. The van der Waals surface area contributed by atoms with Gasteiger partial charge in [-0.25, -0.2) is 9.97 Å². The van der Waals surface area contributed by atoms with E-state index < -0.39 is 35.9 Å². The molecule has 2 fully saturated rings. The molecule has 4 heterocycles. The Bertz CT molecular complexity index is 1610. The van der Waals surface area contributed by atoms with Crippen LogP contribution in [0.2, 0.25) is 0 Å². The summed E-state index contributed by atoms with van der Waals surface area (Å²) in [5.41, 5.74) is 2.42. The molecule has 5 aromatic rings. The van der Waals surface area contributed by atoms with Crippen molar-refractivity contribution in [3.8, 4) is 0 Å². The quantitative estimate of drug-likeness (QED) is 0.297. The SMILES string of the molecule is CC1(C)OC2C(COC(c3ccccc3)(c3ccccc3)c3ccccc3)OC(n3cnc4c(=O)[nH]cnc43)C2O1. The monoisotopic (exact) mass is 550 g/mol. The van der Waals surface area contributed by atoms with E-state index in [1.54, 1.807) is 10.9 Å². The van der Waals surface area contributed by atoms with Crippen LogP contribution in [0.15, 0.2) is 108 Å². The Hall–Kier alpha value is -4.15. The molecule has 0 amide bonds. The Kier molecular flexibility index (Phi) is 6.32. The molecule has 0 saturated carbocycles. The van der Waals surface area contributed by atoms with E-state index in [9.17, 15) is 4.79 Å². The molecule has 0 aliphatic carbocycles. The molecule has 3 aromatic carbocycles. The van der Waals surface area contributed by atoms with Gasteiger partial charge in [0, 0.05) is 0 Å². The zero-order valence-electron chi connectivity index (χ0n) is 22.7. The Morgan fingerprint density at radius 2 is 1.41 bits per heavy atom. The lowest BCUT2D eigenvalue weighted by molar-refractivity contribution is -0.204. The maximum absolute atomic E-state index is 12.3. The third-order valence-electron chi connectivity index (χ3n) is 7.77. The van der Waals surface area contributed by atoms with Crippen molar-refractivity contribution >= 4 is 11.2 Å². The predicted molar refractivity (Wildman–Crippen MR) is 151 cm³/mol. The normalized spacial score (nSPS) is 23.6. The van der Waals surface area contributed by atoms with E-state index in [0.29, 0.717) is 5.65 Å². The third-order valence-corrected chi connectivity index (χ3v) is 7.77. The molecule has 2 aliphatic heterocycles. The molecule has 2 aromatic heterocycles. The molecule has 7 rings (SSSR count). The smallest absolute Gasteiger partial charge is 0.278 e. The number of nitrogens with one attached hydrogen (secondary N) is 1. The Morgan fingerprint density at radius 1 is 0.854 bits per heavy atom. The first-order valence-corrected chi connectivity index (χ1v) is 13.7. The van der Waals surface area contributed by atoms with E-state index in [1.807, 2.05) is 68.4 Å². The average molecular weight is 551 g/mol. The van der Waals surface area contributed by atoms with E-state index >= 15 is 0 Å². The van der Waals surface area contributed by atoms with Crippen LogP contribution in [-0.2, 0) is 24.5 Å². The molecule has 9 nitrogen and oxygen atoms in total. The molecule has 1 N–H and O–H groups in total. The van der Waals surface area contributed by atoms with Crippen molar-refractivity contribution in [1.82, 2.24) is 19.5 Å². The van der Waals surface area contributed by atoms with Crippen LogP contribution in [0.1, 0.15) is 36.8 Å². The Labute approximate surface area is 236 Å². The number of imidazole rings is 1. The fourth-order valence-corrected chi connectivity index (χ4v) is 6.04. The molecule has 2 saturated heterocycles. The molecular formula is C32H30N4O5. The summed E-state index contributed by atoms with van der Waals surface area (Å²) in [6, 6.07) is 30.6. The summed E-state index contributed by atoms with van der Waals surface area (Å²) in [4.78, 5) is 23.6. The Balaban J connectivity index is 1.29. The van der Waals surface area contributed by atoms with Gasteiger partial charge < -0.3 is 23.9 Å². The third kappa shape index (κ3) is 4.38. The van der Waals surface area contributed by atoms with E-state index in [1.165, 1.54) is 6.33 Å². The second-order valence-electron chi connectivity index (χ2n) is 10.8. The maximum atomic E-state index is 12.3. The average Bonchev–Trinajstić information content (AvgIpc) is 3.67. The van der Waals surface area contributed by atoms with E-state index in [-0.39, 0.29) is 17.7 Å². The molecule has 208 valence electrons. The van der Waals surface area contributed by atoms with Crippen LogP contribution >= 0.6 is 0 Å². The molecule has 0 spiro atoms. The fourth-order valence-electron chi connectivity index (χ4n) is 6.04. The molecule has 0 radical (unpaired) electrons. The second-order valence-corrected chi connectivity index (χ2v) is 10.8. The van der Waals surface area contributed by atoms with Crippen molar-refractivity contribution < 1.29 is 18.9 Å². The van der Waals surface area contributed by atoms with Gasteiger partial charge in [-0.1, -0.05) is 91.0 Å². The number of aromatic amines is 1. The first kappa shape index (κ1) is 25.8. The van der Waals surface area contributed by atoms with E-state index in [4.69, 9.17) is 18.9 Å². The number of hydrogen-bond acceptors (Lipinski definition) is 7. The van der Waals surface area contributed by atoms with Crippen LogP contribution in [0.5, 0.6) is 0 Å². The maximum Gasteiger partial charge on any atom is 0.278 e. The van der Waals surface area contributed by atoms with E-state index in [0.717, 1.165) is 16.7 Å². The van der Waals surface area contributed by atoms with Gasteiger partial charge in [0.05, 0.1) is 19.3 Å². The minimum atomic E-state index is -0.910. The molecule has 4 unspecified atom stereocenters. The zero-order chi connectivity index (χ0) is 28.0. The number of benzene rings is 3. The molecule has 2 aliphatic rings. The lowest BCUT2D eigenvalue weighted by Gasteiger charge is -2.37. The molecule has 9 heteroatoms. The van der Waals surface area contributed by atoms with Crippen LogP contribution in [0.3, 0.4) is 0 Å². The van der Waals surface area contributed by atoms with Crippen LogP contribution in [0, 0.1) is 0 Å². The van der Waals surface area contributed by atoms with Gasteiger partial charge in [0.15, 0.2) is 23.2 Å². The molecular weight excluding hydrogens is 520 g/mol. The summed E-state index contributed by atoms with van der Waals surface area (Å²) < 4.78 is 28.1. The number of hydrogen-bond donors (Lipinski definition) is 1. The number of ether oxygens (including phenoxy) is 4. The summed E-state index contributed by atoms with van der Waals surface area (Å²) in [5.74, 6) is -0.827. The van der Waals surface area contributed by atoms with Crippen molar-refractivity contribution in [2.45, 2.75) is 49.8 Å². The first-order chi connectivity index (χ1) is 20.0. The number of aromatic nitrogens is 4. The molecule has 41 heavy (non-hydrogen) atoms. The number of fused-ring (bicyclic) bond motifs is 2. The van der Waals surface area contributed by atoms with Crippen LogP contribution < -0.4 is 5.56 Å². The van der Waals surface area contributed by atoms with Gasteiger partial charge in [-0.2, -0.15) is 0 Å². The standard InChI is InChI=1S/C32H30N4O5/c1-31(2)40-26-24(39-30(27(26)41-31)36-20-35-25-28(36)33-19-34-29(25)37)18-38-32(21-12-6-3-7-13-21,22-14-8-4-9-15-22)23-16-10-5-11-17-23/h3-17,19-20,24,26-27,30H,18H2,1-2H3,(H,33,34,37). The topological polar surface area (TPSA) is 100 Å². The molecule has 0 bridgehead atoms. The van der Waals surface area contributed by atoms with Gasteiger partial charge in [-0.15, -0.1) is 0 Å². The van der Waals surface area contributed by atoms with Gasteiger partial charge in [-0.05, 0) is 30.5 Å². The summed E-state index contributed by atoms with van der Waals surface area (Å²) in [6.45, 7) is 3.98. The van der Waals surface area contributed by atoms with Crippen molar-refractivity contribution in [2.75, 3.05) is 6.61 Å². The van der Waals surface area contributed by atoms with Crippen LogP contribution in [0.4, 0.5) is 0 Å². The summed E-state index contributed by atoms with van der Waals surface area (Å²) in [6.07, 6.45) is 0.941. The van der Waals surface area contributed by atoms with Gasteiger partial charge in [-0.3, -0.25) is 9.36 Å². The lowest BCUT2D eigenvalue weighted by atomic mass is 9.80. The predicted octanol–water partition coefficient (Wildman–Crippen LogP) is 4.55. The summed E-state index contributed by atoms with van der Waals surface area (Å²) >= 11 is 0. The summed E-state index contributed by atoms with van der Waals surface area (Å²) in [7, 11) is 0. The van der Waals surface area contributed by atoms with Crippen molar-refractivity contribution in [3.63, 3.8) is 0 Å². The largest absolute Gasteiger partial charge is 0.358 e. The van der Waals surface area contributed by atoms with Crippen LogP contribution in [0.25, 0.3) is 11.2 Å². The highest BCUT2D eigenvalue weighted by molar-refractivity contribution is 5.68.